The first-order chi connectivity index (χ1) is 10.5. The highest BCUT2D eigenvalue weighted by molar-refractivity contribution is 5.91. The zero-order chi connectivity index (χ0) is 17.8. The molecule has 8 nitrogen and oxygen atoms in total. The van der Waals surface area contributed by atoms with Gasteiger partial charge in [0, 0.05) is 13.6 Å². The Morgan fingerprint density at radius 1 is 1.26 bits per heavy atom. The van der Waals surface area contributed by atoms with Crippen LogP contribution >= 0.6 is 0 Å². The van der Waals surface area contributed by atoms with E-state index in [9.17, 15) is 14.4 Å². The average molecular weight is 330 g/mol. The highest BCUT2D eigenvalue weighted by Crippen LogP contribution is 2.27. The Labute approximate surface area is 136 Å². The van der Waals surface area contributed by atoms with E-state index in [1.54, 1.807) is 41.7 Å². The number of ether oxygens (including phenoxy) is 2. The smallest absolute Gasteiger partial charge is 0.466 e. The van der Waals surface area contributed by atoms with Gasteiger partial charge in [-0.15, -0.1) is 5.06 Å². The molecule has 1 amide bonds. The summed E-state index contributed by atoms with van der Waals surface area (Å²) in [6.07, 6.45) is -1.13. The molecule has 8 heteroatoms. The number of rotatable bonds is 4. The fraction of sp³-hybridized carbons (Fsp3) is 0.800. The number of likely N-dealkylation sites (N-methyl/N-ethyl adjacent to an activating group) is 1. The van der Waals surface area contributed by atoms with E-state index >= 15 is 0 Å². The van der Waals surface area contributed by atoms with Crippen molar-refractivity contribution in [3.63, 3.8) is 0 Å². The summed E-state index contributed by atoms with van der Waals surface area (Å²) in [5.74, 6) is -0.850. The summed E-state index contributed by atoms with van der Waals surface area (Å²) in [4.78, 5) is 42.9. The van der Waals surface area contributed by atoms with Gasteiger partial charge in [0.05, 0.1) is 19.6 Å². The zero-order valence-corrected chi connectivity index (χ0v) is 14.7. The molecule has 0 N–H and O–H groups in total. The van der Waals surface area contributed by atoms with Gasteiger partial charge in [0.2, 0.25) is 5.91 Å². The van der Waals surface area contributed by atoms with Crippen LogP contribution in [-0.4, -0.2) is 65.9 Å². The number of carbonyl (C=O) groups is 3. The molecule has 1 fully saturated rings. The van der Waals surface area contributed by atoms with Gasteiger partial charge in [-0.25, -0.2) is 4.79 Å². The fourth-order valence-corrected chi connectivity index (χ4v) is 2.27. The van der Waals surface area contributed by atoms with Crippen LogP contribution < -0.4 is 0 Å². The topological polar surface area (TPSA) is 85.4 Å². The SMILES string of the molecule is CCOC(=O)CC1(C)C(=O)N(C)CCN1OC(=O)OC(C)(C)C. The fourth-order valence-electron chi connectivity index (χ4n) is 2.27. The van der Waals surface area contributed by atoms with Crippen molar-refractivity contribution in [1.82, 2.24) is 9.96 Å². The van der Waals surface area contributed by atoms with Gasteiger partial charge < -0.3 is 19.2 Å². The lowest BCUT2D eigenvalue weighted by atomic mass is 9.93. The van der Waals surface area contributed by atoms with Crippen LogP contribution in [0.4, 0.5) is 4.79 Å². The van der Waals surface area contributed by atoms with Gasteiger partial charge in [-0.2, -0.15) is 0 Å². The van der Waals surface area contributed by atoms with E-state index in [0.717, 1.165) is 0 Å². The third-order valence-corrected chi connectivity index (χ3v) is 3.36. The van der Waals surface area contributed by atoms with Gasteiger partial charge in [-0.1, -0.05) is 0 Å². The molecule has 0 aromatic heterocycles. The number of esters is 1. The van der Waals surface area contributed by atoms with Crippen molar-refractivity contribution in [2.45, 2.75) is 52.2 Å². The van der Waals surface area contributed by atoms with E-state index in [4.69, 9.17) is 14.3 Å². The molecule has 1 rings (SSSR count). The van der Waals surface area contributed by atoms with Crippen LogP contribution in [0.2, 0.25) is 0 Å². The Kier molecular flexibility index (Phi) is 5.98. The maximum Gasteiger partial charge on any atom is 0.528 e. The summed E-state index contributed by atoms with van der Waals surface area (Å²) >= 11 is 0. The number of hydrogen-bond acceptors (Lipinski definition) is 7. The minimum Gasteiger partial charge on any atom is -0.466 e. The van der Waals surface area contributed by atoms with Crippen LogP contribution in [0.25, 0.3) is 0 Å². The van der Waals surface area contributed by atoms with Crippen molar-refractivity contribution in [1.29, 1.82) is 0 Å². The molecule has 132 valence electrons. The van der Waals surface area contributed by atoms with Crippen molar-refractivity contribution in [3.05, 3.63) is 0 Å². The van der Waals surface area contributed by atoms with Crippen LogP contribution in [0, 0.1) is 0 Å². The minimum absolute atomic E-state index is 0.214. The lowest BCUT2D eigenvalue weighted by Gasteiger charge is -2.44. The summed E-state index contributed by atoms with van der Waals surface area (Å²) in [6.45, 7) is 9.23. The molecule has 0 spiro atoms. The first-order valence-corrected chi connectivity index (χ1v) is 7.59. The summed E-state index contributed by atoms with van der Waals surface area (Å²) in [5, 5.41) is 1.21. The molecule has 1 heterocycles. The standard InChI is InChI=1S/C15H26N2O6/c1-7-21-11(18)10-15(5)12(19)16(6)8-9-17(15)23-13(20)22-14(2,3)4/h7-10H2,1-6H3. The Hall–Kier alpha value is -1.83. The molecular weight excluding hydrogens is 304 g/mol. The van der Waals surface area contributed by atoms with Gasteiger partial charge >= 0.3 is 12.1 Å². The van der Waals surface area contributed by atoms with Crippen LogP contribution in [0.15, 0.2) is 0 Å². The highest BCUT2D eigenvalue weighted by Gasteiger charge is 2.49. The van der Waals surface area contributed by atoms with E-state index in [1.807, 2.05) is 0 Å². The Morgan fingerprint density at radius 2 is 1.87 bits per heavy atom. The second-order valence-electron chi connectivity index (χ2n) is 6.64. The predicted molar refractivity (Wildman–Crippen MR) is 81.3 cm³/mol. The van der Waals surface area contributed by atoms with Crippen molar-refractivity contribution in [2.24, 2.45) is 0 Å². The largest absolute Gasteiger partial charge is 0.528 e. The average Bonchev–Trinajstić information content (AvgIpc) is 2.38. The zero-order valence-electron chi connectivity index (χ0n) is 14.7. The molecule has 0 saturated carbocycles. The van der Waals surface area contributed by atoms with Crippen LogP contribution in [0.3, 0.4) is 0 Å². The van der Waals surface area contributed by atoms with Gasteiger partial charge in [0.25, 0.3) is 0 Å². The molecular formula is C15H26N2O6. The summed E-state index contributed by atoms with van der Waals surface area (Å²) in [7, 11) is 1.64. The second-order valence-corrected chi connectivity index (χ2v) is 6.64. The molecule has 1 aliphatic heterocycles. The lowest BCUT2D eigenvalue weighted by Crippen LogP contribution is -2.64. The number of amides is 1. The molecule has 1 unspecified atom stereocenters. The Balaban J connectivity index is 2.91. The third-order valence-electron chi connectivity index (χ3n) is 3.36. The van der Waals surface area contributed by atoms with Gasteiger partial charge in [0.1, 0.15) is 11.1 Å². The molecule has 0 radical (unpaired) electrons. The quantitative estimate of drug-likeness (QED) is 0.719. The summed E-state index contributed by atoms with van der Waals surface area (Å²) in [5.41, 5.74) is -2.04. The normalized spacial score (nSPS) is 22.7. The molecule has 1 saturated heterocycles. The van der Waals surface area contributed by atoms with E-state index in [0.29, 0.717) is 6.54 Å². The number of nitrogens with zero attached hydrogens (tertiary/aromatic N) is 2. The molecule has 1 atom stereocenters. The van der Waals surface area contributed by atoms with Crippen molar-refractivity contribution < 1.29 is 28.7 Å². The molecule has 0 aromatic carbocycles. The number of piperazine rings is 1. The molecule has 23 heavy (non-hydrogen) atoms. The number of hydrogen-bond donors (Lipinski definition) is 0. The number of carbonyl (C=O) groups excluding carboxylic acids is 3. The Bertz CT molecular complexity index is 473. The predicted octanol–water partition coefficient (Wildman–Crippen LogP) is 1.34. The Morgan fingerprint density at radius 3 is 2.39 bits per heavy atom. The maximum atomic E-state index is 12.5. The molecule has 1 aliphatic rings. The third kappa shape index (κ3) is 5.09. The second kappa shape index (κ2) is 7.16. The van der Waals surface area contributed by atoms with E-state index < -0.39 is 23.3 Å². The molecule has 0 bridgehead atoms. The van der Waals surface area contributed by atoms with E-state index in [2.05, 4.69) is 0 Å². The van der Waals surface area contributed by atoms with Crippen LogP contribution in [0.1, 0.15) is 41.0 Å². The summed E-state index contributed by atoms with van der Waals surface area (Å²) < 4.78 is 10.0. The van der Waals surface area contributed by atoms with Gasteiger partial charge in [-0.3, -0.25) is 9.59 Å². The van der Waals surface area contributed by atoms with Crippen molar-refractivity contribution >= 4 is 18.0 Å². The maximum absolute atomic E-state index is 12.5. The number of hydroxylamine groups is 2. The van der Waals surface area contributed by atoms with Crippen molar-refractivity contribution in [2.75, 3.05) is 26.7 Å². The monoisotopic (exact) mass is 330 g/mol. The van der Waals surface area contributed by atoms with E-state index in [-0.39, 0.29) is 25.5 Å². The van der Waals surface area contributed by atoms with E-state index in [1.165, 1.54) is 9.96 Å². The van der Waals surface area contributed by atoms with Gasteiger partial charge in [-0.05, 0) is 34.6 Å². The van der Waals surface area contributed by atoms with Crippen LogP contribution in [0.5, 0.6) is 0 Å². The van der Waals surface area contributed by atoms with Gasteiger partial charge in [0.15, 0.2) is 0 Å². The molecule has 0 aromatic rings. The first kappa shape index (κ1) is 19.2. The lowest BCUT2D eigenvalue weighted by molar-refractivity contribution is -0.220. The summed E-state index contributed by atoms with van der Waals surface area (Å²) in [6, 6.07) is 0. The molecule has 0 aliphatic carbocycles. The van der Waals surface area contributed by atoms with Crippen LogP contribution in [-0.2, 0) is 23.9 Å². The van der Waals surface area contributed by atoms with Crippen molar-refractivity contribution in [3.8, 4) is 0 Å². The first-order valence-electron chi connectivity index (χ1n) is 7.59. The minimum atomic E-state index is -1.32. The highest BCUT2D eigenvalue weighted by atomic mass is 16.8.